The topological polar surface area (TPSA) is 114 Å². The van der Waals surface area contributed by atoms with Gasteiger partial charge in [-0.15, -0.1) is 0 Å². The number of nitrogens with one attached hydrogen (secondary N) is 3. The second-order valence-corrected chi connectivity index (χ2v) is 9.20. The zero-order valence-electron chi connectivity index (χ0n) is 19.0. The lowest BCUT2D eigenvalue weighted by Crippen LogP contribution is -2.49. The second-order valence-electron chi connectivity index (χ2n) is 7.52. The van der Waals surface area contributed by atoms with Gasteiger partial charge >= 0.3 is 0 Å². The van der Waals surface area contributed by atoms with Gasteiger partial charge in [-0.25, -0.2) is 12.8 Å². The highest BCUT2D eigenvalue weighted by molar-refractivity contribution is 7.89. The van der Waals surface area contributed by atoms with Crippen LogP contribution in [0.2, 0.25) is 0 Å². The zero-order chi connectivity index (χ0) is 25.3. The molecule has 0 aliphatic rings. The molecule has 1 atom stereocenters. The van der Waals surface area contributed by atoms with Crippen molar-refractivity contribution in [3.63, 3.8) is 0 Å². The second kappa shape index (κ2) is 12.1. The lowest BCUT2D eigenvalue weighted by Gasteiger charge is -2.19. The molecular weight excluding hydrogens is 473 g/mol. The number of amides is 2. The first-order valence-electron chi connectivity index (χ1n) is 10.9. The Morgan fingerprint density at radius 3 is 2.26 bits per heavy atom. The average molecular weight is 500 g/mol. The van der Waals surface area contributed by atoms with Gasteiger partial charge in [0.1, 0.15) is 22.5 Å². The van der Waals surface area contributed by atoms with Crippen molar-refractivity contribution < 1.29 is 27.1 Å². The predicted molar refractivity (Wildman–Crippen MR) is 130 cm³/mol. The molecule has 3 aromatic rings. The molecule has 0 spiro atoms. The van der Waals surface area contributed by atoms with Crippen molar-refractivity contribution in [1.82, 2.24) is 10.0 Å². The Labute approximate surface area is 203 Å². The molecule has 10 heteroatoms. The number of ether oxygens (including phenoxy) is 1. The van der Waals surface area contributed by atoms with E-state index in [0.29, 0.717) is 23.6 Å². The fourth-order valence-corrected chi connectivity index (χ4v) is 4.52. The summed E-state index contributed by atoms with van der Waals surface area (Å²) in [4.78, 5) is 24.6. The standard InChI is InChI=1S/C25H26FN3O5S/c1-2-34-20-14-12-19(13-15-20)28-24(30)17-27-25(31)22(16-18-8-4-3-5-9-18)29-35(32,33)23-11-7-6-10-21(23)26/h3-15,22,29H,2,16-17H2,1H3,(H,27,31)(H,28,30). The molecule has 8 nitrogen and oxygen atoms in total. The van der Waals surface area contributed by atoms with Gasteiger partial charge in [-0.05, 0) is 55.3 Å². The predicted octanol–water partition coefficient (Wildman–Crippen LogP) is 2.87. The monoisotopic (exact) mass is 499 g/mol. The van der Waals surface area contributed by atoms with Crippen molar-refractivity contribution in [2.24, 2.45) is 0 Å². The normalized spacial score (nSPS) is 11.9. The van der Waals surface area contributed by atoms with Crippen LogP contribution in [0.5, 0.6) is 5.75 Å². The van der Waals surface area contributed by atoms with Crippen molar-refractivity contribution in [3.05, 3.63) is 90.2 Å². The van der Waals surface area contributed by atoms with Crippen molar-refractivity contribution in [2.45, 2.75) is 24.3 Å². The van der Waals surface area contributed by atoms with E-state index in [1.807, 2.05) is 6.92 Å². The maximum absolute atomic E-state index is 14.1. The van der Waals surface area contributed by atoms with Gasteiger partial charge in [-0.1, -0.05) is 42.5 Å². The molecule has 0 bridgehead atoms. The Kier molecular flexibility index (Phi) is 8.93. The van der Waals surface area contributed by atoms with E-state index in [-0.39, 0.29) is 6.42 Å². The summed E-state index contributed by atoms with van der Waals surface area (Å²) in [6, 6.07) is 19.1. The summed E-state index contributed by atoms with van der Waals surface area (Å²) < 4.78 is 47.3. The highest BCUT2D eigenvalue weighted by Crippen LogP contribution is 2.16. The number of sulfonamides is 1. The number of halogens is 1. The van der Waals surface area contributed by atoms with E-state index in [4.69, 9.17) is 4.74 Å². The highest BCUT2D eigenvalue weighted by atomic mass is 32.2. The highest BCUT2D eigenvalue weighted by Gasteiger charge is 2.28. The van der Waals surface area contributed by atoms with Crippen LogP contribution in [0.25, 0.3) is 0 Å². The molecule has 3 aromatic carbocycles. The van der Waals surface area contributed by atoms with Gasteiger partial charge < -0.3 is 15.4 Å². The summed E-state index contributed by atoms with van der Waals surface area (Å²) in [6.45, 7) is 1.99. The summed E-state index contributed by atoms with van der Waals surface area (Å²) >= 11 is 0. The Hall–Kier alpha value is -3.76. The number of hydrogen-bond donors (Lipinski definition) is 3. The number of carbonyl (C=O) groups excluding carboxylic acids is 2. The molecule has 0 fully saturated rings. The van der Waals surface area contributed by atoms with Gasteiger partial charge in [-0.3, -0.25) is 9.59 Å². The Morgan fingerprint density at radius 1 is 0.943 bits per heavy atom. The smallest absolute Gasteiger partial charge is 0.244 e. The van der Waals surface area contributed by atoms with E-state index in [0.717, 1.165) is 12.1 Å². The van der Waals surface area contributed by atoms with Crippen LogP contribution in [0.4, 0.5) is 10.1 Å². The molecule has 0 aliphatic heterocycles. The number of rotatable bonds is 11. The van der Waals surface area contributed by atoms with Crippen LogP contribution in [-0.4, -0.2) is 39.4 Å². The van der Waals surface area contributed by atoms with Gasteiger partial charge in [0.15, 0.2) is 0 Å². The lowest BCUT2D eigenvalue weighted by atomic mass is 10.1. The van der Waals surface area contributed by atoms with E-state index < -0.39 is 45.1 Å². The molecule has 0 aliphatic carbocycles. The minimum Gasteiger partial charge on any atom is -0.494 e. The van der Waals surface area contributed by atoms with Crippen molar-refractivity contribution in [1.29, 1.82) is 0 Å². The summed E-state index contributed by atoms with van der Waals surface area (Å²) in [6.07, 6.45) is 0.000859. The van der Waals surface area contributed by atoms with Gasteiger partial charge in [-0.2, -0.15) is 4.72 Å². The molecule has 3 N–H and O–H groups in total. The van der Waals surface area contributed by atoms with E-state index in [9.17, 15) is 22.4 Å². The summed E-state index contributed by atoms with van der Waals surface area (Å²) in [7, 11) is -4.35. The first-order chi connectivity index (χ1) is 16.8. The summed E-state index contributed by atoms with van der Waals surface area (Å²) in [5.41, 5.74) is 1.19. The minimum atomic E-state index is -4.35. The molecule has 35 heavy (non-hydrogen) atoms. The van der Waals surface area contributed by atoms with Crippen LogP contribution < -0.4 is 20.1 Å². The molecule has 184 valence electrons. The van der Waals surface area contributed by atoms with Gasteiger partial charge in [0.25, 0.3) is 0 Å². The average Bonchev–Trinajstić information content (AvgIpc) is 2.84. The van der Waals surface area contributed by atoms with E-state index >= 15 is 0 Å². The largest absolute Gasteiger partial charge is 0.494 e. The first-order valence-corrected chi connectivity index (χ1v) is 12.4. The first kappa shape index (κ1) is 25.9. The third-order valence-corrected chi connectivity index (χ3v) is 6.40. The molecule has 3 rings (SSSR count). The van der Waals surface area contributed by atoms with E-state index in [1.165, 1.54) is 12.1 Å². The van der Waals surface area contributed by atoms with Crippen molar-refractivity contribution >= 4 is 27.5 Å². The van der Waals surface area contributed by atoms with Crippen molar-refractivity contribution in [2.75, 3.05) is 18.5 Å². The van der Waals surface area contributed by atoms with Crippen molar-refractivity contribution in [3.8, 4) is 5.75 Å². The molecule has 0 aromatic heterocycles. The van der Waals surface area contributed by atoms with Crippen LogP contribution in [0.15, 0.2) is 83.8 Å². The molecular formula is C25H26FN3O5S. The fourth-order valence-electron chi connectivity index (χ4n) is 3.25. The molecule has 2 amide bonds. The third kappa shape index (κ3) is 7.62. The Balaban J connectivity index is 1.68. The van der Waals surface area contributed by atoms with Crippen LogP contribution in [0.3, 0.4) is 0 Å². The third-order valence-electron chi connectivity index (χ3n) is 4.89. The number of anilines is 1. The number of hydrogen-bond acceptors (Lipinski definition) is 5. The minimum absolute atomic E-state index is 0.000859. The molecule has 0 heterocycles. The van der Waals surface area contributed by atoms with E-state index in [1.54, 1.807) is 54.6 Å². The maximum Gasteiger partial charge on any atom is 0.244 e. The maximum atomic E-state index is 14.1. The van der Waals surface area contributed by atoms with Gasteiger partial charge in [0, 0.05) is 5.69 Å². The summed E-state index contributed by atoms with van der Waals surface area (Å²) in [5, 5.41) is 5.09. The zero-order valence-corrected chi connectivity index (χ0v) is 19.8. The molecule has 0 saturated carbocycles. The van der Waals surface area contributed by atoms with Crippen LogP contribution in [-0.2, 0) is 26.0 Å². The number of carbonyl (C=O) groups is 2. The van der Waals surface area contributed by atoms with Crippen LogP contribution in [0, 0.1) is 5.82 Å². The lowest BCUT2D eigenvalue weighted by molar-refractivity contribution is -0.125. The quantitative estimate of drug-likeness (QED) is 0.376. The summed E-state index contributed by atoms with van der Waals surface area (Å²) in [5.74, 6) is -1.51. The van der Waals surface area contributed by atoms with E-state index in [2.05, 4.69) is 15.4 Å². The van der Waals surface area contributed by atoms with Crippen LogP contribution in [0.1, 0.15) is 12.5 Å². The Morgan fingerprint density at radius 2 is 1.60 bits per heavy atom. The molecule has 1 unspecified atom stereocenters. The van der Waals surface area contributed by atoms with Crippen LogP contribution >= 0.6 is 0 Å². The Bertz CT molecular complexity index is 1250. The SMILES string of the molecule is CCOc1ccc(NC(=O)CNC(=O)C(Cc2ccccc2)NS(=O)(=O)c2ccccc2F)cc1. The number of benzene rings is 3. The molecule has 0 radical (unpaired) electrons. The molecule has 0 saturated heterocycles. The fraction of sp³-hybridized carbons (Fsp3) is 0.200. The van der Waals surface area contributed by atoms with Gasteiger partial charge in [0.05, 0.1) is 13.2 Å². The van der Waals surface area contributed by atoms with Gasteiger partial charge in [0.2, 0.25) is 21.8 Å².